The summed E-state index contributed by atoms with van der Waals surface area (Å²) in [4.78, 5) is 29.0. The molecule has 2 amide bonds. The lowest BCUT2D eigenvalue weighted by Crippen LogP contribution is -2.53. The molecule has 0 heterocycles. The summed E-state index contributed by atoms with van der Waals surface area (Å²) < 4.78 is 28.9. The molecule has 9 heteroatoms. The molecule has 0 aliphatic carbocycles. The summed E-state index contributed by atoms with van der Waals surface area (Å²) in [5.74, 6) is -0.896. The Labute approximate surface area is 246 Å². The molecule has 1 atom stereocenters. The first-order chi connectivity index (χ1) is 19.7. The normalized spacial score (nSPS) is 11.9. The van der Waals surface area contributed by atoms with Crippen LogP contribution in [0.2, 0.25) is 5.02 Å². The molecule has 0 saturated heterocycles. The number of carbonyl (C=O) groups excluding carboxylic acids is 2. The Bertz CT molecular complexity index is 1600. The third-order valence-corrected chi connectivity index (χ3v) is 8.68. The van der Waals surface area contributed by atoms with Gasteiger partial charge in [-0.15, -0.1) is 0 Å². The standard InChI is InChI=1S/C32H32ClN3O4S/c1-24-11-9-16-28(19-24)36(41(39,40)29-17-7-4-8-18-29)23-31(37)35(22-26-14-10-15-27(33)20-26)30(32(38)34-2)21-25-12-5-3-6-13-25/h3-20,30H,21-23H2,1-2H3,(H,34,38). The summed E-state index contributed by atoms with van der Waals surface area (Å²) in [7, 11) is -2.61. The summed E-state index contributed by atoms with van der Waals surface area (Å²) in [5.41, 5.74) is 2.76. The molecule has 4 rings (SSSR count). The first kappa shape index (κ1) is 29.8. The van der Waals surface area contributed by atoms with Crippen molar-refractivity contribution < 1.29 is 18.0 Å². The molecule has 7 nitrogen and oxygen atoms in total. The van der Waals surface area contributed by atoms with Crippen LogP contribution in [-0.2, 0) is 32.6 Å². The number of nitrogens with one attached hydrogen (secondary N) is 1. The molecule has 1 unspecified atom stereocenters. The van der Waals surface area contributed by atoms with Crippen molar-refractivity contribution in [1.82, 2.24) is 10.2 Å². The second kappa shape index (κ2) is 13.5. The maximum absolute atomic E-state index is 14.2. The quantitative estimate of drug-likeness (QED) is 0.260. The van der Waals surface area contributed by atoms with Gasteiger partial charge in [-0.05, 0) is 60.0 Å². The van der Waals surface area contributed by atoms with Gasteiger partial charge in [0.1, 0.15) is 12.6 Å². The number of likely N-dealkylation sites (N-methyl/N-ethyl adjacent to an activating group) is 1. The Kier molecular flexibility index (Phi) is 9.81. The Hall–Kier alpha value is -4.14. The van der Waals surface area contributed by atoms with Crippen LogP contribution in [0.3, 0.4) is 0 Å². The number of nitrogens with zero attached hydrogens (tertiary/aromatic N) is 2. The van der Waals surface area contributed by atoms with Crippen molar-refractivity contribution in [3.8, 4) is 0 Å². The van der Waals surface area contributed by atoms with E-state index in [-0.39, 0.29) is 23.8 Å². The lowest BCUT2D eigenvalue weighted by Gasteiger charge is -2.33. The van der Waals surface area contributed by atoms with Crippen LogP contribution in [0.25, 0.3) is 0 Å². The molecule has 0 fully saturated rings. The van der Waals surface area contributed by atoms with Crippen molar-refractivity contribution in [2.24, 2.45) is 0 Å². The van der Waals surface area contributed by atoms with E-state index in [1.165, 1.54) is 24.1 Å². The van der Waals surface area contributed by atoms with Crippen LogP contribution in [0.5, 0.6) is 0 Å². The van der Waals surface area contributed by atoms with Crippen molar-refractivity contribution in [3.05, 3.63) is 131 Å². The maximum Gasteiger partial charge on any atom is 0.264 e. The fraction of sp³-hybridized carbons (Fsp3) is 0.188. The number of sulfonamides is 1. The fourth-order valence-corrected chi connectivity index (χ4v) is 6.22. The van der Waals surface area contributed by atoms with Gasteiger partial charge in [0, 0.05) is 25.0 Å². The zero-order valence-corrected chi connectivity index (χ0v) is 24.5. The largest absolute Gasteiger partial charge is 0.357 e. The lowest BCUT2D eigenvalue weighted by molar-refractivity contribution is -0.139. The predicted octanol–water partition coefficient (Wildman–Crippen LogP) is 5.23. The molecule has 1 N–H and O–H groups in total. The molecular formula is C32H32ClN3O4S. The first-order valence-electron chi connectivity index (χ1n) is 13.1. The van der Waals surface area contributed by atoms with Gasteiger partial charge in [0.15, 0.2) is 0 Å². The first-order valence-corrected chi connectivity index (χ1v) is 14.9. The minimum atomic E-state index is -4.13. The van der Waals surface area contributed by atoms with Crippen molar-refractivity contribution in [3.63, 3.8) is 0 Å². The van der Waals surface area contributed by atoms with Gasteiger partial charge < -0.3 is 10.2 Å². The number of carbonyl (C=O) groups is 2. The van der Waals surface area contributed by atoms with E-state index in [0.29, 0.717) is 16.3 Å². The Morgan fingerprint density at radius 3 is 2.10 bits per heavy atom. The summed E-state index contributed by atoms with van der Waals surface area (Å²) in [6, 6.07) is 30.5. The monoisotopic (exact) mass is 589 g/mol. The predicted molar refractivity (Wildman–Crippen MR) is 162 cm³/mol. The van der Waals surface area contributed by atoms with E-state index in [9.17, 15) is 18.0 Å². The summed E-state index contributed by atoms with van der Waals surface area (Å²) in [6.07, 6.45) is 0.239. The Morgan fingerprint density at radius 1 is 0.829 bits per heavy atom. The second-order valence-electron chi connectivity index (χ2n) is 9.64. The van der Waals surface area contributed by atoms with Crippen molar-refractivity contribution >= 4 is 39.1 Å². The summed E-state index contributed by atoms with van der Waals surface area (Å²) in [5, 5.41) is 3.16. The molecule has 0 aliphatic rings. The molecule has 4 aromatic carbocycles. The molecule has 0 aromatic heterocycles. The van der Waals surface area contributed by atoms with Gasteiger partial charge >= 0.3 is 0 Å². The molecule has 4 aromatic rings. The summed E-state index contributed by atoms with van der Waals surface area (Å²) >= 11 is 6.24. The van der Waals surface area contributed by atoms with E-state index in [2.05, 4.69) is 5.32 Å². The average Bonchev–Trinajstić information content (AvgIpc) is 2.98. The number of anilines is 1. The number of aryl methyl sites for hydroxylation is 1. The van der Waals surface area contributed by atoms with Gasteiger partial charge in [0.05, 0.1) is 10.6 Å². The van der Waals surface area contributed by atoms with E-state index in [0.717, 1.165) is 15.4 Å². The maximum atomic E-state index is 14.2. The Morgan fingerprint density at radius 2 is 1.46 bits per heavy atom. The number of halogens is 1. The summed E-state index contributed by atoms with van der Waals surface area (Å²) in [6.45, 7) is 1.40. The molecular weight excluding hydrogens is 558 g/mol. The van der Waals surface area contributed by atoms with E-state index in [1.807, 2.05) is 49.4 Å². The van der Waals surface area contributed by atoms with Crippen LogP contribution in [0, 0.1) is 6.92 Å². The topological polar surface area (TPSA) is 86.8 Å². The van der Waals surface area contributed by atoms with Crippen LogP contribution in [-0.4, -0.2) is 44.8 Å². The Balaban J connectivity index is 1.78. The SMILES string of the molecule is CNC(=O)C(Cc1ccccc1)N(Cc1cccc(Cl)c1)C(=O)CN(c1cccc(C)c1)S(=O)(=O)c1ccccc1. The highest BCUT2D eigenvalue weighted by Gasteiger charge is 2.34. The smallest absolute Gasteiger partial charge is 0.264 e. The van der Waals surface area contributed by atoms with E-state index in [1.54, 1.807) is 54.6 Å². The highest BCUT2D eigenvalue weighted by Crippen LogP contribution is 2.26. The van der Waals surface area contributed by atoms with E-state index >= 15 is 0 Å². The van der Waals surface area contributed by atoms with E-state index in [4.69, 9.17) is 11.6 Å². The van der Waals surface area contributed by atoms with Gasteiger partial charge in [-0.3, -0.25) is 13.9 Å². The third-order valence-electron chi connectivity index (χ3n) is 6.66. The second-order valence-corrected chi connectivity index (χ2v) is 11.9. The van der Waals surface area contributed by atoms with Crippen LogP contribution < -0.4 is 9.62 Å². The van der Waals surface area contributed by atoms with Crippen LogP contribution in [0.15, 0.2) is 114 Å². The number of benzene rings is 4. The molecule has 0 bridgehead atoms. The van der Waals surface area contributed by atoms with Crippen molar-refractivity contribution in [2.45, 2.75) is 30.8 Å². The van der Waals surface area contributed by atoms with Gasteiger partial charge in [-0.25, -0.2) is 8.42 Å². The number of rotatable bonds is 11. The number of amides is 2. The number of hydrogen-bond acceptors (Lipinski definition) is 4. The molecule has 41 heavy (non-hydrogen) atoms. The fourth-order valence-electron chi connectivity index (χ4n) is 4.58. The highest BCUT2D eigenvalue weighted by molar-refractivity contribution is 7.92. The van der Waals surface area contributed by atoms with E-state index < -0.39 is 28.5 Å². The molecule has 0 spiro atoms. The lowest BCUT2D eigenvalue weighted by atomic mass is 10.0. The molecule has 212 valence electrons. The van der Waals surface area contributed by atoms with Crippen LogP contribution in [0.1, 0.15) is 16.7 Å². The van der Waals surface area contributed by atoms with Crippen LogP contribution in [0.4, 0.5) is 5.69 Å². The van der Waals surface area contributed by atoms with Crippen LogP contribution >= 0.6 is 11.6 Å². The highest BCUT2D eigenvalue weighted by atomic mass is 35.5. The number of hydrogen-bond donors (Lipinski definition) is 1. The minimum absolute atomic E-state index is 0.0529. The zero-order chi connectivity index (χ0) is 29.4. The van der Waals surface area contributed by atoms with Gasteiger partial charge in [0.2, 0.25) is 11.8 Å². The third kappa shape index (κ3) is 7.54. The van der Waals surface area contributed by atoms with Gasteiger partial charge in [-0.1, -0.05) is 84.4 Å². The molecule has 0 radical (unpaired) electrons. The molecule has 0 aliphatic heterocycles. The van der Waals surface area contributed by atoms with Crippen molar-refractivity contribution in [1.29, 1.82) is 0 Å². The van der Waals surface area contributed by atoms with Gasteiger partial charge in [-0.2, -0.15) is 0 Å². The van der Waals surface area contributed by atoms with Gasteiger partial charge in [0.25, 0.3) is 10.0 Å². The minimum Gasteiger partial charge on any atom is -0.357 e. The van der Waals surface area contributed by atoms with Crippen molar-refractivity contribution in [2.75, 3.05) is 17.9 Å². The zero-order valence-electron chi connectivity index (χ0n) is 22.9. The molecule has 0 saturated carbocycles. The average molecular weight is 590 g/mol.